The van der Waals surface area contributed by atoms with Gasteiger partial charge in [-0.05, 0) is 41.7 Å². The van der Waals surface area contributed by atoms with Crippen LogP contribution in [0.2, 0.25) is 0 Å². The number of aliphatic hydroxyl groups is 4. The number of Topliss-reactive ketones (excluding diaryl/α,β-unsaturated/α-hetero) is 3. The number of allylic oxidation sites excluding steroid dienone is 1. The molecular weight excluding hydrogens is 524 g/mol. The molecule has 0 bridgehead atoms. The number of carbonyl (C=O) groups excluding carboxylic acids is 3. The number of phenols is 1. The van der Waals surface area contributed by atoms with Crippen LogP contribution >= 0.6 is 0 Å². The second-order valence-corrected chi connectivity index (χ2v) is 14.0. The minimum atomic E-state index is -2.89. The van der Waals surface area contributed by atoms with Gasteiger partial charge in [0.2, 0.25) is 5.78 Å². The van der Waals surface area contributed by atoms with Crippen molar-refractivity contribution in [3.63, 3.8) is 0 Å². The topological polar surface area (TPSA) is 152 Å². The molecule has 0 aliphatic heterocycles. The predicted octanol–water partition coefficient (Wildman–Crippen LogP) is 5.13. The largest absolute Gasteiger partial charge is 0.511 e. The molecule has 4 rings (SSSR count). The Balaban J connectivity index is 2.20. The maximum atomic E-state index is 14.5. The Labute approximate surface area is 241 Å². The summed E-state index contributed by atoms with van der Waals surface area (Å²) in [5.41, 5.74) is -5.98. The van der Waals surface area contributed by atoms with Crippen molar-refractivity contribution in [1.82, 2.24) is 0 Å². The van der Waals surface area contributed by atoms with Crippen molar-refractivity contribution in [1.29, 1.82) is 0 Å². The van der Waals surface area contributed by atoms with Gasteiger partial charge in [-0.1, -0.05) is 74.8 Å². The molecule has 41 heavy (non-hydrogen) atoms. The van der Waals surface area contributed by atoms with Gasteiger partial charge in [0, 0.05) is 22.3 Å². The lowest BCUT2D eigenvalue weighted by atomic mass is 9.41. The zero-order valence-corrected chi connectivity index (χ0v) is 25.8. The van der Waals surface area contributed by atoms with E-state index in [1.807, 2.05) is 33.8 Å². The molecule has 8 heteroatoms. The third-order valence-corrected chi connectivity index (χ3v) is 10.3. The molecule has 0 radical (unpaired) electrons. The van der Waals surface area contributed by atoms with Crippen LogP contribution < -0.4 is 0 Å². The van der Waals surface area contributed by atoms with Gasteiger partial charge in [0.1, 0.15) is 22.8 Å². The van der Waals surface area contributed by atoms with E-state index in [-0.39, 0.29) is 16.9 Å². The first kappa shape index (κ1) is 31.0. The van der Waals surface area contributed by atoms with Crippen LogP contribution in [0, 0.1) is 22.7 Å². The molecule has 1 aromatic rings. The van der Waals surface area contributed by atoms with Gasteiger partial charge >= 0.3 is 0 Å². The predicted molar refractivity (Wildman–Crippen MR) is 154 cm³/mol. The van der Waals surface area contributed by atoms with E-state index in [2.05, 4.69) is 0 Å². The first-order valence-electron chi connectivity index (χ1n) is 14.5. The van der Waals surface area contributed by atoms with Crippen LogP contribution in [0.15, 0.2) is 28.7 Å². The number of benzene rings is 1. The lowest BCUT2D eigenvalue weighted by Gasteiger charge is -2.63. The van der Waals surface area contributed by atoms with E-state index in [0.717, 1.165) is 18.9 Å². The van der Waals surface area contributed by atoms with Crippen molar-refractivity contribution in [3.05, 3.63) is 51.0 Å². The molecule has 5 N–H and O–H groups in total. The SMILES string of the molecule is CCCc1cc(C(C)(C)C)c(O)c2c1[C@@H](C)[C@@]1(C)C(=C(O)[C@@]3(O)C(=O)C(C(C)=O)=C(O)C(C(C)C)[C@@]3(C)[C@@H]1O)C2=O. The van der Waals surface area contributed by atoms with Crippen LogP contribution in [0.1, 0.15) is 109 Å². The fraction of sp³-hybridized carbons (Fsp3) is 0.606. The van der Waals surface area contributed by atoms with Gasteiger partial charge in [-0.2, -0.15) is 0 Å². The van der Waals surface area contributed by atoms with E-state index in [0.29, 0.717) is 17.5 Å². The molecule has 8 nitrogen and oxygen atoms in total. The van der Waals surface area contributed by atoms with Crippen LogP contribution in [-0.2, 0) is 21.4 Å². The number of aliphatic hydroxyl groups excluding tert-OH is 3. The number of carbonyl (C=O) groups is 3. The molecule has 3 aliphatic carbocycles. The molecule has 0 saturated heterocycles. The number of aryl methyl sites for hydroxylation is 1. The molecule has 1 unspecified atom stereocenters. The Morgan fingerprint density at radius 3 is 2.12 bits per heavy atom. The molecule has 3 aliphatic rings. The van der Waals surface area contributed by atoms with Gasteiger partial charge in [-0.25, -0.2) is 0 Å². The third kappa shape index (κ3) is 3.56. The molecule has 0 fully saturated rings. The van der Waals surface area contributed by atoms with Crippen LogP contribution in [-0.4, -0.2) is 54.6 Å². The van der Waals surface area contributed by atoms with Gasteiger partial charge in [0.15, 0.2) is 17.2 Å². The molecular formula is C33H44O8. The number of hydrogen-bond acceptors (Lipinski definition) is 8. The van der Waals surface area contributed by atoms with Crippen LogP contribution in [0.3, 0.4) is 0 Å². The summed E-state index contributed by atoms with van der Waals surface area (Å²) < 4.78 is 0. The summed E-state index contributed by atoms with van der Waals surface area (Å²) in [5.74, 6) is -6.85. The Hall–Kier alpha value is -2.97. The lowest BCUT2D eigenvalue weighted by molar-refractivity contribution is -0.211. The highest BCUT2D eigenvalue weighted by Gasteiger charge is 2.76. The highest BCUT2D eigenvalue weighted by Crippen LogP contribution is 2.68. The summed E-state index contributed by atoms with van der Waals surface area (Å²) in [5, 5.41) is 59.4. The molecule has 0 aromatic heterocycles. The van der Waals surface area contributed by atoms with Crippen LogP contribution in [0.5, 0.6) is 5.75 Å². The second-order valence-electron chi connectivity index (χ2n) is 14.0. The number of aromatic hydroxyl groups is 1. The average Bonchev–Trinajstić information content (AvgIpc) is 2.84. The molecule has 0 saturated carbocycles. The zero-order chi connectivity index (χ0) is 31.4. The van der Waals surface area contributed by atoms with Crippen molar-refractivity contribution >= 4 is 17.3 Å². The van der Waals surface area contributed by atoms with Gasteiger partial charge in [-0.3, -0.25) is 14.4 Å². The van der Waals surface area contributed by atoms with Crippen molar-refractivity contribution in [2.45, 2.75) is 105 Å². The van der Waals surface area contributed by atoms with Crippen molar-refractivity contribution in [3.8, 4) is 5.75 Å². The molecule has 0 spiro atoms. The highest BCUT2D eigenvalue weighted by molar-refractivity contribution is 6.25. The lowest BCUT2D eigenvalue weighted by Crippen LogP contribution is -2.73. The fourth-order valence-electron chi connectivity index (χ4n) is 8.23. The molecule has 0 amide bonds. The van der Waals surface area contributed by atoms with Gasteiger partial charge in [0.25, 0.3) is 0 Å². The Kier molecular flexibility index (Phi) is 7.00. The van der Waals surface area contributed by atoms with Gasteiger partial charge in [-0.15, -0.1) is 0 Å². The maximum Gasteiger partial charge on any atom is 0.209 e. The summed E-state index contributed by atoms with van der Waals surface area (Å²) in [6.07, 6.45) is -0.285. The van der Waals surface area contributed by atoms with Crippen molar-refractivity contribution in [2.24, 2.45) is 22.7 Å². The zero-order valence-electron chi connectivity index (χ0n) is 25.8. The smallest absolute Gasteiger partial charge is 0.209 e. The maximum absolute atomic E-state index is 14.5. The number of phenolic OH excluding ortho intramolecular Hbond substituents is 1. The number of ketones is 3. The Morgan fingerprint density at radius 2 is 1.66 bits per heavy atom. The van der Waals surface area contributed by atoms with E-state index in [4.69, 9.17) is 0 Å². The number of fused-ring (bicyclic) bond motifs is 3. The first-order chi connectivity index (χ1) is 18.7. The second kappa shape index (κ2) is 9.27. The Bertz CT molecular complexity index is 1440. The van der Waals surface area contributed by atoms with E-state index in [1.165, 1.54) is 6.92 Å². The summed E-state index contributed by atoms with van der Waals surface area (Å²) in [6, 6.07) is 1.90. The van der Waals surface area contributed by atoms with Gasteiger partial charge < -0.3 is 25.5 Å². The normalized spacial score (nSPS) is 33.6. The van der Waals surface area contributed by atoms with Gasteiger partial charge in [0.05, 0.1) is 17.2 Å². The number of hydrogen-bond donors (Lipinski definition) is 5. The summed E-state index contributed by atoms with van der Waals surface area (Å²) in [7, 11) is 0. The average molecular weight is 569 g/mol. The third-order valence-electron chi connectivity index (χ3n) is 10.3. The minimum absolute atomic E-state index is 0.0133. The van der Waals surface area contributed by atoms with Crippen LogP contribution in [0.25, 0.3) is 0 Å². The monoisotopic (exact) mass is 568 g/mol. The van der Waals surface area contributed by atoms with Crippen molar-refractivity contribution in [2.75, 3.05) is 0 Å². The highest BCUT2D eigenvalue weighted by atomic mass is 16.4. The first-order valence-corrected chi connectivity index (χ1v) is 14.5. The molecule has 0 heterocycles. The van der Waals surface area contributed by atoms with E-state index in [9.17, 15) is 39.9 Å². The Morgan fingerprint density at radius 1 is 1.10 bits per heavy atom. The minimum Gasteiger partial charge on any atom is -0.511 e. The fourth-order valence-corrected chi connectivity index (χ4v) is 8.23. The number of rotatable bonds is 4. The van der Waals surface area contributed by atoms with E-state index >= 15 is 0 Å². The molecule has 6 atom stereocenters. The van der Waals surface area contributed by atoms with Crippen molar-refractivity contribution < 1.29 is 39.9 Å². The summed E-state index contributed by atoms with van der Waals surface area (Å²) >= 11 is 0. The van der Waals surface area contributed by atoms with E-state index < -0.39 is 80.1 Å². The summed E-state index contributed by atoms with van der Waals surface area (Å²) in [6.45, 7) is 17.1. The molecule has 224 valence electrons. The summed E-state index contributed by atoms with van der Waals surface area (Å²) in [4.78, 5) is 41.0. The standard InChI is InChI=1S/C33H44O8/c1-11-12-17-13-18(30(6,7)8)24(35)21-19(17)15(4)31(9)23(26(21)37)28(39)33(41)27(38)20(16(5)34)25(36)22(14(2)3)32(33,10)29(31)40/h13-15,22,29,35-36,39-41H,11-12H2,1-10H3/t15-,22?,29-,31+,32+,33+/m1/s1. The van der Waals surface area contributed by atoms with Crippen LogP contribution in [0.4, 0.5) is 0 Å². The quantitative estimate of drug-likeness (QED) is 0.314. The molecule has 1 aromatic carbocycles. The van der Waals surface area contributed by atoms with E-state index in [1.54, 1.807) is 27.7 Å².